The molecule has 1 unspecified atom stereocenters. The van der Waals surface area contributed by atoms with E-state index < -0.39 is 11.9 Å². The molecule has 36 heavy (non-hydrogen) atoms. The van der Waals surface area contributed by atoms with Gasteiger partial charge in [-0.05, 0) is 11.6 Å². The average molecular weight is 520 g/mol. The first-order valence-corrected chi connectivity index (χ1v) is 11.4. The van der Waals surface area contributed by atoms with Crippen molar-refractivity contribution in [2.45, 2.75) is 12.6 Å². The summed E-state index contributed by atoms with van der Waals surface area (Å²) in [5, 5.41) is 16.0. The van der Waals surface area contributed by atoms with Gasteiger partial charge in [-0.3, -0.25) is 9.69 Å². The van der Waals surface area contributed by atoms with Gasteiger partial charge in [-0.25, -0.2) is 9.59 Å². The highest BCUT2D eigenvalue weighted by Gasteiger charge is 2.25. The summed E-state index contributed by atoms with van der Waals surface area (Å²) in [7, 11) is 3.26. The zero-order valence-electron chi connectivity index (χ0n) is 20.1. The largest absolute Gasteiger partial charge is 0.496 e. The van der Waals surface area contributed by atoms with Crippen molar-refractivity contribution in [2.24, 2.45) is 0 Å². The Hall–Kier alpha value is -3.60. The van der Waals surface area contributed by atoms with E-state index in [4.69, 9.17) is 37.0 Å². The molecule has 1 amide bonds. The minimum Gasteiger partial charge on any atom is -0.496 e. The van der Waals surface area contributed by atoms with E-state index in [2.05, 4.69) is 17.0 Å². The van der Waals surface area contributed by atoms with E-state index in [1.54, 1.807) is 24.1 Å². The van der Waals surface area contributed by atoms with Crippen LogP contribution in [0.15, 0.2) is 54.6 Å². The Balaban J connectivity index is 0.000000493. The van der Waals surface area contributed by atoms with Gasteiger partial charge in [0.1, 0.15) is 5.75 Å². The molecule has 0 saturated carbocycles. The summed E-state index contributed by atoms with van der Waals surface area (Å²) >= 11 is 6.10. The number of carboxylic acid groups (broad SMARTS) is 2. The number of halogens is 1. The number of rotatable bonds is 8. The second-order valence-corrected chi connectivity index (χ2v) is 8.39. The van der Waals surface area contributed by atoms with Gasteiger partial charge in [-0.2, -0.15) is 0 Å². The molecule has 2 aromatic carbocycles. The molecule has 3 rings (SSSR count). The number of hydrogen-bond donors (Lipinski definition) is 3. The standard InChI is InChI=1S/C21H26ClN3O3.C4H4O4/c1-24(21(26)17-10-18(22)19(23)11-20(17)27-2)13-16-14-25(8-9-28-16)12-15-6-4-3-5-7-15;5-3(6)1-2-4(7)8/h3-7,10-11,16H,8-9,12-14,23H2,1-2H3;1-2H,(H,5,6)(H,7,8)/b;2-1+. The number of ether oxygens (including phenoxy) is 2. The van der Waals surface area contributed by atoms with E-state index in [0.29, 0.717) is 47.3 Å². The normalized spacial score (nSPS) is 15.6. The monoisotopic (exact) mass is 519 g/mol. The molecule has 194 valence electrons. The van der Waals surface area contributed by atoms with Crippen molar-refractivity contribution in [1.82, 2.24) is 9.80 Å². The van der Waals surface area contributed by atoms with Crippen LogP contribution in [0, 0.1) is 0 Å². The number of morpholine rings is 1. The number of nitrogen functional groups attached to an aromatic ring is 1. The van der Waals surface area contributed by atoms with Crippen LogP contribution in [0.2, 0.25) is 5.02 Å². The van der Waals surface area contributed by atoms with E-state index in [1.807, 2.05) is 18.2 Å². The van der Waals surface area contributed by atoms with E-state index in [0.717, 1.165) is 19.6 Å². The van der Waals surface area contributed by atoms with E-state index >= 15 is 0 Å². The molecule has 1 saturated heterocycles. The molecule has 11 heteroatoms. The average Bonchev–Trinajstić information content (AvgIpc) is 2.85. The number of carboxylic acids is 2. The third-order valence-electron chi connectivity index (χ3n) is 5.21. The summed E-state index contributed by atoms with van der Waals surface area (Å²) in [4.78, 5) is 36.0. The van der Waals surface area contributed by atoms with Gasteiger partial charge in [0.2, 0.25) is 0 Å². The summed E-state index contributed by atoms with van der Waals surface area (Å²) in [6.45, 7) is 3.65. The first-order valence-electron chi connectivity index (χ1n) is 11.0. The Kier molecular flexibility index (Phi) is 11.2. The predicted octanol–water partition coefficient (Wildman–Crippen LogP) is 2.62. The molecule has 0 spiro atoms. The molecular formula is C25H30ClN3O7. The Bertz CT molecular complexity index is 1060. The number of anilines is 1. The fraction of sp³-hybridized carbons (Fsp3) is 0.320. The quantitative estimate of drug-likeness (QED) is 0.354. The lowest BCUT2D eigenvalue weighted by Gasteiger charge is -2.35. The maximum absolute atomic E-state index is 12.9. The van der Waals surface area contributed by atoms with Crippen molar-refractivity contribution in [3.63, 3.8) is 0 Å². The molecular weight excluding hydrogens is 490 g/mol. The van der Waals surface area contributed by atoms with Crippen molar-refractivity contribution < 1.29 is 34.1 Å². The number of benzene rings is 2. The molecule has 1 atom stereocenters. The van der Waals surface area contributed by atoms with Gasteiger partial charge in [-0.1, -0.05) is 41.9 Å². The zero-order chi connectivity index (χ0) is 26.7. The lowest BCUT2D eigenvalue weighted by atomic mass is 10.1. The van der Waals surface area contributed by atoms with E-state index in [-0.39, 0.29) is 12.0 Å². The van der Waals surface area contributed by atoms with E-state index in [1.165, 1.54) is 12.7 Å². The number of methoxy groups -OCH3 is 1. The van der Waals surface area contributed by atoms with Gasteiger partial charge in [0, 0.05) is 51.4 Å². The lowest BCUT2D eigenvalue weighted by Crippen LogP contribution is -2.47. The van der Waals surface area contributed by atoms with Crippen LogP contribution in [0.25, 0.3) is 0 Å². The molecule has 0 aromatic heterocycles. The first-order chi connectivity index (χ1) is 17.1. The number of nitrogens with two attached hydrogens (primary N) is 1. The number of nitrogens with zero attached hydrogens (tertiary/aromatic N) is 2. The lowest BCUT2D eigenvalue weighted by molar-refractivity contribution is -0.134. The van der Waals surface area contributed by atoms with Crippen LogP contribution >= 0.6 is 11.6 Å². The van der Waals surface area contributed by atoms with Crippen LogP contribution in [0.1, 0.15) is 15.9 Å². The molecule has 1 aliphatic heterocycles. The van der Waals surface area contributed by atoms with Crippen LogP contribution in [-0.2, 0) is 20.9 Å². The molecule has 4 N–H and O–H groups in total. The second kappa shape index (κ2) is 14.1. The van der Waals surface area contributed by atoms with E-state index in [9.17, 15) is 14.4 Å². The number of likely N-dealkylation sites (N-methyl/N-ethyl adjacent to an activating group) is 1. The van der Waals surface area contributed by atoms with Gasteiger partial charge < -0.3 is 30.3 Å². The van der Waals surface area contributed by atoms with Crippen LogP contribution < -0.4 is 10.5 Å². The molecule has 0 aliphatic carbocycles. The summed E-state index contributed by atoms with van der Waals surface area (Å²) in [6.07, 6.45) is 1.06. The van der Waals surface area contributed by atoms with Crippen molar-refractivity contribution >= 4 is 35.1 Å². The highest BCUT2D eigenvalue weighted by atomic mass is 35.5. The Morgan fingerprint density at radius 1 is 1.19 bits per heavy atom. The van der Waals surface area contributed by atoms with Crippen LogP contribution in [0.4, 0.5) is 5.69 Å². The molecule has 0 radical (unpaired) electrons. The first kappa shape index (κ1) is 28.6. The molecule has 1 fully saturated rings. The van der Waals surface area contributed by atoms with Crippen molar-refractivity contribution in [2.75, 3.05) is 46.1 Å². The van der Waals surface area contributed by atoms with Crippen LogP contribution in [0.3, 0.4) is 0 Å². The third kappa shape index (κ3) is 9.21. The summed E-state index contributed by atoms with van der Waals surface area (Å²) < 4.78 is 11.2. The number of aliphatic carboxylic acids is 2. The fourth-order valence-electron chi connectivity index (χ4n) is 3.52. The second-order valence-electron chi connectivity index (χ2n) is 7.98. The summed E-state index contributed by atoms with van der Waals surface area (Å²) in [5.74, 6) is -2.28. The van der Waals surface area contributed by atoms with Crippen molar-refractivity contribution in [3.8, 4) is 5.75 Å². The minimum atomic E-state index is -1.26. The molecule has 2 aromatic rings. The van der Waals surface area contributed by atoms with Gasteiger partial charge in [0.15, 0.2) is 0 Å². The van der Waals surface area contributed by atoms with Crippen molar-refractivity contribution in [3.05, 3.63) is 70.8 Å². The number of hydrogen-bond acceptors (Lipinski definition) is 7. The third-order valence-corrected chi connectivity index (χ3v) is 5.54. The topological polar surface area (TPSA) is 143 Å². The molecule has 1 aliphatic rings. The maximum atomic E-state index is 12.9. The fourth-order valence-corrected chi connectivity index (χ4v) is 3.68. The number of amides is 1. The van der Waals surface area contributed by atoms with Gasteiger partial charge in [0.05, 0.1) is 36.1 Å². The predicted molar refractivity (Wildman–Crippen MR) is 135 cm³/mol. The maximum Gasteiger partial charge on any atom is 0.328 e. The Morgan fingerprint density at radius 2 is 1.83 bits per heavy atom. The molecule has 1 heterocycles. The highest BCUT2D eigenvalue weighted by Crippen LogP contribution is 2.29. The molecule has 0 bridgehead atoms. The Labute approximate surface area is 214 Å². The number of carbonyl (C=O) groups excluding carboxylic acids is 1. The zero-order valence-corrected chi connectivity index (χ0v) is 20.9. The highest BCUT2D eigenvalue weighted by molar-refractivity contribution is 6.33. The SMILES string of the molecule is COc1cc(N)c(Cl)cc1C(=O)N(C)CC1CN(Cc2ccccc2)CCO1.O=C(O)/C=C/C(=O)O. The van der Waals surface area contributed by atoms with Gasteiger partial charge >= 0.3 is 11.9 Å². The summed E-state index contributed by atoms with van der Waals surface area (Å²) in [6, 6.07) is 13.5. The molecule has 10 nitrogen and oxygen atoms in total. The Morgan fingerprint density at radius 3 is 2.42 bits per heavy atom. The van der Waals surface area contributed by atoms with Gasteiger partial charge in [0.25, 0.3) is 5.91 Å². The van der Waals surface area contributed by atoms with Crippen molar-refractivity contribution in [1.29, 1.82) is 0 Å². The minimum absolute atomic E-state index is 0.0540. The van der Waals surface area contributed by atoms with Gasteiger partial charge in [-0.15, -0.1) is 0 Å². The van der Waals surface area contributed by atoms with Crippen LogP contribution in [0.5, 0.6) is 5.75 Å². The number of carbonyl (C=O) groups is 3. The van der Waals surface area contributed by atoms with Crippen LogP contribution in [-0.4, -0.2) is 84.4 Å². The summed E-state index contributed by atoms with van der Waals surface area (Å²) in [5.41, 5.74) is 7.85. The smallest absolute Gasteiger partial charge is 0.328 e.